The Morgan fingerprint density at radius 1 is 1.36 bits per heavy atom. The summed E-state index contributed by atoms with van der Waals surface area (Å²) in [6, 6.07) is 7.66. The van der Waals surface area contributed by atoms with Gasteiger partial charge in [0.15, 0.2) is 0 Å². The Labute approximate surface area is 89.1 Å². The maximum atomic E-state index is 8.88. The summed E-state index contributed by atoms with van der Waals surface area (Å²) in [6.07, 6.45) is 0. The number of nitrogens with one attached hydrogen (secondary N) is 1. The zero-order valence-corrected chi connectivity index (χ0v) is 9.44. The van der Waals surface area contributed by atoms with Gasteiger partial charge in [-0.25, -0.2) is 4.57 Å². The largest absolute Gasteiger partial charge is 0.466 e. The highest BCUT2D eigenvalue weighted by Gasteiger charge is 2.00. The SMILES string of the molecule is NNc1cccc(Br)c1.O=P(O)(O)O. The number of rotatable bonds is 1. The van der Waals surface area contributed by atoms with Crippen molar-refractivity contribution in [1.82, 2.24) is 0 Å². The summed E-state index contributed by atoms with van der Waals surface area (Å²) in [5.41, 5.74) is 3.44. The van der Waals surface area contributed by atoms with Crippen LogP contribution in [0.15, 0.2) is 28.7 Å². The summed E-state index contributed by atoms with van der Waals surface area (Å²) < 4.78 is 9.91. The molecule has 0 saturated carbocycles. The summed E-state index contributed by atoms with van der Waals surface area (Å²) in [5.74, 6) is 5.15. The molecule has 0 aromatic heterocycles. The number of hydrogen-bond donors (Lipinski definition) is 5. The minimum atomic E-state index is -4.64. The van der Waals surface area contributed by atoms with Gasteiger partial charge in [-0.1, -0.05) is 22.0 Å². The molecule has 0 saturated heterocycles. The average molecular weight is 285 g/mol. The number of hydrazine groups is 1. The molecule has 0 heterocycles. The van der Waals surface area contributed by atoms with Crippen LogP contribution < -0.4 is 11.3 Å². The van der Waals surface area contributed by atoms with Gasteiger partial charge in [-0.05, 0) is 18.2 Å². The Morgan fingerprint density at radius 3 is 2.14 bits per heavy atom. The normalized spacial score (nSPS) is 10.1. The Morgan fingerprint density at radius 2 is 1.86 bits per heavy atom. The molecule has 14 heavy (non-hydrogen) atoms. The van der Waals surface area contributed by atoms with Crippen LogP contribution in [0.25, 0.3) is 0 Å². The highest BCUT2D eigenvalue weighted by molar-refractivity contribution is 9.10. The lowest BCUT2D eigenvalue weighted by Gasteiger charge is -1.97. The summed E-state index contributed by atoms with van der Waals surface area (Å²) in [7, 11) is -4.64. The summed E-state index contributed by atoms with van der Waals surface area (Å²) in [5, 5.41) is 0. The van der Waals surface area contributed by atoms with Gasteiger partial charge in [-0.3, -0.25) is 5.84 Å². The van der Waals surface area contributed by atoms with Crippen molar-refractivity contribution in [3.63, 3.8) is 0 Å². The third-order valence-corrected chi connectivity index (χ3v) is 1.48. The van der Waals surface area contributed by atoms with E-state index in [9.17, 15) is 0 Å². The maximum Gasteiger partial charge on any atom is 0.466 e. The lowest BCUT2D eigenvalue weighted by molar-refractivity contribution is 0.275. The number of halogens is 1. The zero-order chi connectivity index (χ0) is 11.2. The van der Waals surface area contributed by atoms with Crippen molar-refractivity contribution >= 4 is 29.4 Å². The van der Waals surface area contributed by atoms with Gasteiger partial charge in [0.2, 0.25) is 0 Å². The first kappa shape index (κ1) is 13.6. The van der Waals surface area contributed by atoms with Crippen molar-refractivity contribution in [1.29, 1.82) is 0 Å². The van der Waals surface area contributed by atoms with E-state index in [1.165, 1.54) is 0 Å². The van der Waals surface area contributed by atoms with Crippen molar-refractivity contribution in [2.45, 2.75) is 0 Å². The van der Waals surface area contributed by atoms with E-state index in [0.717, 1.165) is 10.2 Å². The lowest BCUT2D eigenvalue weighted by atomic mass is 10.3. The molecule has 0 spiro atoms. The highest BCUT2D eigenvalue weighted by atomic mass is 79.9. The first-order valence-electron chi connectivity index (χ1n) is 3.33. The molecule has 80 valence electrons. The van der Waals surface area contributed by atoms with Crippen molar-refractivity contribution < 1.29 is 19.2 Å². The van der Waals surface area contributed by atoms with Crippen LogP contribution in [0.4, 0.5) is 5.69 Å². The van der Waals surface area contributed by atoms with Gasteiger partial charge in [0.25, 0.3) is 0 Å². The van der Waals surface area contributed by atoms with Gasteiger partial charge in [0, 0.05) is 10.2 Å². The molecule has 6 nitrogen and oxygen atoms in total. The molecule has 0 unspecified atom stereocenters. The molecule has 0 fully saturated rings. The average Bonchev–Trinajstić information content (AvgIpc) is 2.01. The molecule has 0 aliphatic heterocycles. The summed E-state index contributed by atoms with van der Waals surface area (Å²) in [6.45, 7) is 0. The van der Waals surface area contributed by atoms with Crippen LogP contribution in [0.5, 0.6) is 0 Å². The van der Waals surface area contributed by atoms with Crippen molar-refractivity contribution in [3.8, 4) is 0 Å². The van der Waals surface area contributed by atoms with Gasteiger partial charge in [-0.2, -0.15) is 0 Å². The molecule has 0 radical (unpaired) electrons. The number of nitrogens with two attached hydrogens (primary N) is 1. The molecule has 1 aromatic carbocycles. The van der Waals surface area contributed by atoms with E-state index in [2.05, 4.69) is 21.4 Å². The number of benzene rings is 1. The van der Waals surface area contributed by atoms with Crippen molar-refractivity contribution in [2.24, 2.45) is 5.84 Å². The predicted octanol–water partition coefficient (Wildman–Crippen LogP) is 0.806. The van der Waals surface area contributed by atoms with Gasteiger partial charge >= 0.3 is 7.82 Å². The second kappa shape index (κ2) is 6.13. The number of hydrogen-bond acceptors (Lipinski definition) is 3. The van der Waals surface area contributed by atoms with Crippen LogP contribution in [-0.2, 0) is 4.57 Å². The molecule has 8 heteroatoms. The lowest BCUT2D eigenvalue weighted by Crippen LogP contribution is -2.05. The first-order valence-corrected chi connectivity index (χ1v) is 5.69. The van der Waals surface area contributed by atoms with Crippen LogP contribution in [0.2, 0.25) is 0 Å². The Hall–Kier alpha value is -0.430. The zero-order valence-electron chi connectivity index (χ0n) is 6.96. The third-order valence-electron chi connectivity index (χ3n) is 0.991. The fourth-order valence-electron chi connectivity index (χ4n) is 0.578. The monoisotopic (exact) mass is 284 g/mol. The molecule has 0 aliphatic rings. The number of anilines is 1. The van der Waals surface area contributed by atoms with E-state index in [0.29, 0.717) is 0 Å². The molecule has 0 bridgehead atoms. The first-order chi connectivity index (χ1) is 6.33. The minimum Gasteiger partial charge on any atom is -0.324 e. The van der Waals surface area contributed by atoms with Crippen LogP contribution in [0, 0.1) is 0 Å². The van der Waals surface area contributed by atoms with Crippen molar-refractivity contribution in [2.75, 3.05) is 5.43 Å². The third kappa shape index (κ3) is 9.66. The maximum absolute atomic E-state index is 8.88. The standard InChI is InChI=1S/C6H7BrN2.H3O4P/c7-5-2-1-3-6(4-5)9-8;1-5(2,3)4/h1-4,9H,8H2;(H3,1,2,3,4). The highest BCUT2D eigenvalue weighted by Crippen LogP contribution is 2.25. The summed E-state index contributed by atoms with van der Waals surface area (Å²) >= 11 is 3.31. The molecule has 6 N–H and O–H groups in total. The molecular weight excluding hydrogens is 275 g/mol. The number of phosphoric acid groups is 1. The van der Waals surface area contributed by atoms with E-state index in [1.807, 2.05) is 24.3 Å². The second-order valence-electron chi connectivity index (χ2n) is 2.17. The minimum absolute atomic E-state index is 0.907. The van der Waals surface area contributed by atoms with Crippen LogP contribution in [-0.4, -0.2) is 14.7 Å². The Bertz CT molecular complexity index is 321. The molecule has 0 aliphatic carbocycles. The van der Waals surface area contributed by atoms with E-state index in [1.54, 1.807) is 0 Å². The summed E-state index contributed by atoms with van der Waals surface area (Å²) in [4.78, 5) is 21.6. The van der Waals surface area contributed by atoms with E-state index in [-0.39, 0.29) is 0 Å². The van der Waals surface area contributed by atoms with Gasteiger partial charge in [0.05, 0.1) is 0 Å². The quantitative estimate of drug-likeness (QED) is 0.296. The molecule has 1 rings (SSSR count). The van der Waals surface area contributed by atoms with Gasteiger partial charge in [-0.15, -0.1) is 0 Å². The fraction of sp³-hybridized carbons (Fsp3) is 0. The van der Waals surface area contributed by atoms with Crippen LogP contribution >= 0.6 is 23.8 Å². The second-order valence-corrected chi connectivity index (χ2v) is 4.11. The number of nitrogen functional groups attached to an aromatic ring is 1. The van der Waals surface area contributed by atoms with E-state index >= 15 is 0 Å². The van der Waals surface area contributed by atoms with E-state index < -0.39 is 7.82 Å². The smallest absolute Gasteiger partial charge is 0.324 e. The van der Waals surface area contributed by atoms with Gasteiger partial charge < -0.3 is 20.1 Å². The molecule has 1 aromatic rings. The van der Waals surface area contributed by atoms with E-state index in [4.69, 9.17) is 25.1 Å². The molecule has 0 atom stereocenters. The molecule has 0 amide bonds. The Kier molecular flexibility index (Phi) is 5.94. The topological polar surface area (TPSA) is 116 Å². The Balaban J connectivity index is 0.000000292. The van der Waals surface area contributed by atoms with Gasteiger partial charge in [0.1, 0.15) is 0 Å². The predicted molar refractivity (Wildman–Crippen MR) is 56.2 cm³/mol. The van der Waals surface area contributed by atoms with Crippen molar-refractivity contribution in [3.05, 3.63) is 28.7 Å². The van der Waals surface area contributed by atoms with Crippen LogP contribution in [0.3, 0.4) is 0 Å². The molecular formula is C6H10BrN2O4P. The van der Waals surface area contributed by atoms with Crippen LogP contribution in [0.1, 0.15) is 0 Å². The fourth-order valence-corrected chi connectivity index (χ4v) is 0.978.